The van der Waals surface area contributed by atoms with Crippen LogP contribution in [0.25, 0.3) is 0 Å². The lowest BCUT2D eigenvalue weighted by Crippen LogP contribution is -2.46. The van der Waals surface area contributed by atoms with Gasteiger partial charge < -0.3 is 20.1 Å². The number of amides is 2. The van der Waals surface area contributed by atoms with Crippen LogP contribution in [0, 0.1) is 11.6 Å². The number of benzene rings is 1. The van der Waals surface area contributed by atoms with E-state index >= 15 is 0 Å². The van der Waals surface area contributed by atoms with Crippen molar-refractivity contribution in [2.24, 2.45) is 5.73 Å². The Morgan fingerprint density at radius 1 is 1.27 bits per heavy atom. The van der Waals surface area contributed by atoms with Crippen molar-refractivity contribution in [1.29, 1.82) is 0 Å². The van der Waals surface area contributed by atoms with Crippen LogP contribution in [-0.4, -0.2) is 68.2 Å². The first-order valence-electron chi connectivity index (χ1n) is 9.75. The lowest BCUT2D eigenvalue weighted by atomic mass is 10.2. The van der Waals surface area contributed by atoms with E-state index in [1.165, 1.54) is 9.91 Å². The highest BCUT2D eigenvalue weighted by atomic mass is 19.1. The first-order valence-corrected chi connectivity index (χ1v) is 9.75. The van der Waals surface area contributed by atoms with E-state index in [2.05, 4.69) is 5.43 Å². The molecule has 0 spiro atoms. The fourth-order valence-corrected chi connectivity index (χ4v) is 3.29. The summed E-state index contributed by atoms with van der Waals surface area (Å²) in [6.07, 6.45) is -1.76. The van der Waals surface area contributed by atoms with Gasteiger partial charge in [-0.1, -0.05) is 0 Å². The molecule has 2 fully saturated rings. The van der Waals surface area contributed by atoms with Crippen molar-refractivity contribution in [3.63, 3.8) is 0 Å². The molecule has 30 heavy (non-hydrogen) atoms. The molecule has 0 aromatic heterocycles. The number of carbonyl (C=O) groups is 2. The van der Waals surface area contributed by atoms with Gasteiger partial charge in [0.2, 0.25) is 0 Å². The normalized spacial score (nSPS) is 20.3. The molecule has 3 N–H and O–H groups in total. The molecule has 2 amide bonds. The Morgan fingerprint density at radius 2 is 1.93 bits per heavy atom. The van der Waals surface area contributed by atoms with Gasteiger partial charge in [-0.3, -0.25) is 4.90 Å². The van der Waals surface area contributed by atoms with Crippen LogP contribution < -0.4 is 21.0 Å². The van der Waals surface area contributed by atoms with Crippen LogP contribution in [0.15, 0.2) is 12.1 Å². The molecule has 2 heterocycles. The SMILES string of the molecule is CC(C)(C)OC(=O)N1CCN(c2c(F)cc(N3C[C@H](CN)OC3=O)cc2F)CCN1. The lowest BCUT2D eigenvalue weighted by Gasteiger charge is -2.27. The zero-order valence-electron chi connectivity index (χ0n) is 17.3. The highest BCUT2D eigenvalue weighted by Crippen LogP contribution is 2.31. The van der Waals surface area contributed by atoms with Gasteiger partial charge in [-0.2, -0.15) is 0 Å². The van der Waals surface area contributed by atoms with Gasteiger partial charge in [0.15, 0.2) is 11.6 Å². The summed E-state index contributed by atoms with van der Waals surface area (Å²) in [5, 5.41) is 1.29. The Morgan fingerprint density at radius 3 is 2.50 bits per heavy atom. The summed E-state index contributed by atoms with van der Waals surface area (Å²) in [6, 6.07) is 2.20. The number of ether oxygens (including phenoxy) is 2. The predicted molar refractivity (Wildman–Crippen MR) is 106 cm³/mol. The largest absolute Gasteiger partial charge is 0.443 e. The number of anilines is 2. The standard InChI is InChI=1S/C19H27F2N5O4/c1-19(2,3)30-18(28)26-7-6-24(5-4-23-26)16-14(20)8-12(9-15(16)21)25-11-13(10-22)29-17(25)27/h8-9,13,23H,4-7,10-11,22H2,1-3H3/t13-/m0/s1. The number of cyclic esters (lactones) is 1. The molecular formula is C19H27F2N5O4. The van der Waals surface area contributed by atoms with Crippen molar-refractivity contribution < 1.29 is 27.8 Å². The van der Waals surface area contributed by atoms with Crippen molar-refractivity contribution >= 4 is 23.6 Å². The van der Waals surface area contributed by atoms with Crippen molar-refractivity contribution in [1.82, 2.24) is 10.4 Å². The molecular weight excluding hydrogens is 400 g/mol. The van der Waals surface area contributed by atoms with Crippen LogP contribution in [-0.2, 0) is 9.47 Å². The van der Waals surface area contributed by atoms with E-state index in [4.69, 9.17) is 15.2 Å². The number of nitrogens with one attached hydrogen (secondary N) is 1. The fraction of sp³-hybridized carbons (Fsp3) is 0.579. The molecule has 0 aliphatic carbocycles. The molecule has 0 radical (unpaired) electrons. The molecule has 2 aliphatic rings. The molecule has 1 atom stereocenters. The van der Waals surface area contributed by atoms with Gasteiger partial charge in [0.05, 0.1) is 18.8 Å². The van der Waals surface area contributed by atoms with Gasteiger partial charge in [-0.05, 0) is 20.8 Å². The average molecular weight is 427 g/mol. The van der Waals surface area contributed by atoms with E-state index in [-0.39, 0.29) is 50.6 Å². The lowest BCUT2D eigenvalue weighted by molar-refractivity contribution is 0.0161. The minimum absolute atomic E-state index is 0.0676. The third-order valence-corrected chi connectivity index (χ3v) is 4.66. The Kier molecular flexibility index (Phi) is 6.32. The molecule has 3 rings (SSSR count). The minimum atomic E-state index is -0.806. The molecule has 2 saturated heterocycles. The second-order valence-corrected chi connectivity index (χ2v) is 8.14. The maximum atomic E-state index is 14.9. The predicted octanol–water partition coefficient (Wildman–Crippen LogP) is 1.81. The zero-order chi connectivity index (χ0) is 22.1. The van der Waals surface area contributed by atoms with Crippen LogP contribution in [0.5, 0.6) is 0 Å². The van der Waals surface area contributed by atoms with E-state index in [0.29, 0.717) is 0 Å². The van der Waals surface area contributed by atoms with Gasteiger partial charge in [0, 0.05) is 38.3 Å². The molecule has 1 aromatic rings. The monoisotopic (exact) mass is 427 g/mol. The maximum Gasteiger partial charge on any atom is 0.424 e. The minimum Gasteiger partial charge on any atom is -0.443 e. The molecule has 1 aromatic carbocycles. The molecule has 0 saturated carbocycles. The molecule has 166 valence electrons. The topological polar surface area (TPSA) is 100 Å². The molecule has 2 aliphatic heterocycles. The summed E-state index contributed by atoms with van der Waals surface area (Å²) >= 11 is 0. The summed E-state index contributed by atoms with van der Waals surface area (Å²) < 4.78 is 40.1. The Balaban J connectivity index is 1.73. The number of hydrazine groups is 1. The fourth-order valence-electron chi connectivity index (χ4n) is 3.29. The van der Waals surface area contributed by atoms with E-state index < -0.39 is 35.5 Å². The van der Waals surface area contributed by atoms with Crippen LogP contribution in [0.4, 0.5) is 29.7 Å². The third-order valence-electron chi connectivity index (χ3n) is 4.66. The van der Waals surface area contributed by atoms with Gasteiger partial charge in [-0.25, -0.2) is 28.8 Å². The van der Waals surface area contributed by atoms with Gasteiger partial charge in [0.1, 0.15) is 17.4 Å². The first-order chi connectivity index (χ1) is 14.1. The van der Waals surface area contributed by atoms with Crippen LogP contribution in [0.2, 0.25) is 0 Å². The van der Waals surface area contributed by atoms with Crippen LogP contribution in [0.1, 0.15) is 20.8 Å². The molecule has 0 bridgehead atoms. The number of rotatable bonds is 3. The third kappa shape index (κ3) is 4.90. The van der Waals surface area contributed by atoms with Crippen molar-refractivity contribution in [3.05, 3.63) is 23.8 Å². The number of halogens is 2. The number of nitrogens with two attached hydrogens (primary N) is 1. The summed E-state index contributed by atoms with van der Waals surface area (Å²) in [4.78, 5) is 26.8. The van der Waals surface area contributed by atoms with Crippen molar-refractivity contribution in [2.75, 3.05) is 49.1 Å². The van der Waals surface area contributed by atoms with E-state index in [9.17, 15) is 18.4 Å². The van der Waals surface area contributed by atoms with Crippen LogP contribution in [0.3, 0.4) is 0 Å². The second kappa shape index (κ2) is 8.60. The second-order valence-electron chi connectivity index (χ2n) is 8.14. The average Bonchev–Trinajstić information content (AvgIpc) is 2.85. The summed E-state index contributed by atoms with van der Waals surface area (Å²) in [7, 11) is 0. The molecule has 9 nitrogen and oxygen atoms in total. The van der Waals surface area contributed by atoms with Crippen molar-refractivity contribution in [3.8, 4) is 0 Å². The van der Waals surface area contributed by atoms with Gasteiger partial charge >= 0.3 is 12.2 Å². The summed E-state index contributed by atoms with van der Waals surface area (Å²) in [5.74, 6) is -1.61. The summed E-state index contributed by atoms with van der Waals surface area (Å²) in [5.41, 5.74) is 7.60. The molecule has 11 heteroatoms. The van der Waals surface area contributed by atoms with E-state index in [0.717, 1.165) is 17.0 Å². The number of carbonyl (C=O) groups excluding carboxylic acids is 2. The number of hydrogen-bond donors (Lipinski definition) is 2. The summed E-state index contributed by atoms with van der Waals surface area (Å²) in [6.45, 7) is 6.45. The van der Waals surface area contributed by atoms with E-state index in [1.54, 1.807) is 20.8 Å². The first kappa shape index (κ1) is 22.0. The van der Waals surface area contributed by atoms with E-state index in [1.807, 2.05) is 0 Å². The molecule has 0 unspecified atom stereocenters. The van der Waals surface area contributed by atoms with Crippen LogP contribution >= 0.6 is 0 Å². The Bertz CT molecular complexity index is 794. The Hall–Kier alpha value is -2.66. The highest BCUT2D eigenvalue weighted by molar-refractivity contribution is 5.90. The quantitative estimate of drug-likeness (QED) is 0.759. The smallest absolute Gasteiger partial charge is 0.424 e. The Labute approximate surface area is 173 Å². The van der Waals surface area contributed by atoms with Gasteiger partial charge in [0.25, 0.3) is 0 Å². The highest BCUT2D eigenvalue weighted by Gasteiger charge is 2.33. The maximum absolute atomic E-state index is 14.9. The number of nitrogens with zero attached hydrogens (tertiary/aromatic N) is 3. The van der Waals surface area contributed by atoms with Gasteiger partial charge in [-0.15, -0.1) is 0 Å². The van der Waals surface area contributed by atoms with Crippen molar-refractivity contribution in [2.45, 2.75) is 32.5 Å². The zero-order valence-corrected chi connectivity index (χ0v) is 17.3. The number of hydrogen-bond acceptors (Lipinski definition) is 7.